The summed E-state index contributed by atoms with van der Waals surface area (Å²) >= 11 is 0. The fourth-order valence-corrected chi connectivity index (χ4v) is 3.49. The molecule has 0 unspecified atom stereocenters. The zero-order valence-corrected chi connectivity index (χ0v) is 18.3. The maximum atomic E-state index is 5.37. The second-order valence-electron chi connectivity index (χ2n) is 7.49. The number of aliphatic imine (C=N–C) groups is 1. The monoisotopic (exact) mass is 411 g/mol. The molecule has 0 spiro atoms. The molecule has 2 heterocycles. The lowest BCUT2D eigenvalue weighted by Gasteiger charge is -2.38. The quantitative estimate of drug-likeness (QED) is 0.408. The predicted octanol–water partition coefficient (Wildman–Crippen LogP) is 2.19. The molecule has 1 saturated heterocycles. The molecule has 0 bridgehead atoms. The van der Waals surface area contributed by atoms with E-state index in [9.17, 15) is 0 Å². The smallest absolute Gasteiger partial charge is 0.194 e. The number of nitrogens with one attached hydrogen (secondary N) is 1. The Morgan fingerprint density at radius 1 is 1.27 bits per heavy atom. The van der Waals surface area contributed by atoms with Crippen LogP contribution in [0.25, 0.3) is 0 Å². The third kappa shape index (κ3) is 5.75. The molecule has 1 aliphatic heterocycles. The van der Waals surface area contributed by atoms with Crippen LogP contribution in [-0.4, -0.2) is 72.0 Å². The molecule has 162 valence electrons. The second-order valence-corrected chi connectivity index (χ2v) is 7.49. The molecule has 2 aromatic rings. The average molecular weight is 412 g/mol. The lowest BCUT2D eigenvalue weighted by atomic mass is 10.2. The minimum atomic E-state index is 0.630. The molecule has 1 N–H and O–H groups in total. The van der Waals surface area contributed by atoms with E-state index >= 15 is 0 Å². The first-order valence-corrected chi connectivity index (χ1v) is 10.5. The molecular formula is C22H33N7O. The second kappa shape index (κ2) is 10.7. The van der Waals surface area contributed by atoms with Crippen molar-refractivity contribution in [3.05, 3.63) is 48.6 Å². The van der Waals surface area contributed by atoms with Crippen LogP contribution in [0, 0.1) is 0 Å². The van der Waals surface area contributed by atoms with Gasteiger partial charge < -0.3 is 24.4 Å². The summed E-state index contributed by atoms with van der Waals surface area (Å²) < 4.78 is 7.45. The molecule has 0 amide bonds. The standard InChI is InChI=1S/C22H33N7O/c1-5-21-26-25-17-29(21)10-9-23-22(24-16-18(2)3)28-13-11-27(12-14-28)19-7-6-8-20(15-19)30-4/h6-8,15,17H,2,5,9-14,16H2,1,3-4H3,(H,23,24). The highest BCUT2D eigenvalue weighted by Crippen LogP contribution is 2.22. The Morgan fingerprint density at radius 3 is 2.77 bits per heavy atom. The summed E-state index contributed by atoms with van der Waals surface area (Å²) in [4.78, 5) is 9.50. The Hall–Kier alpha value is -3.03. The van der Waals surface area contributed by atoms with Gasteiger partial charge in [0.05, 0.1) is 13.7 Å². The third-order valence-corrected chi connectivity index (χ3v) is 5.14. The zero-order valence-electron chi connectivity index (χ0n) is 18.3. The topological polar surface area (TPSA) is 70.8 Å². The molecule has 30 heavy (non-hydrogen) atoms. The largest absolute Gasteiger partial charge is 0.497 e. The van der Waals surface area contributed by atoms with Gasteiger partial charge in [0.2, 0.25) is 0 Å². The number of piperazine rings is 1. The number of methoxy groups -OCH3 is 1. The van der Waals surface area contributed by atoms with Crippen molar-refractivity contribution in [3.8, 4) is 5.75 Å². The molecule has 0 saturated carbocycles. The fraction of sp³-hybridized carbons (Fsp3) is 0.500. The summed E-state index contributed by atoms with van der Waals surface area (Å²) in [5.41, 5.74) is 2.25. The van der Waals surface area contributed by atoms with E-state index in [0.717, 1.165) is 68.8 Å². The van der Waals surface area contributed by atoms with E-state index in [0.29, 0.717) is 6.54 Å². The first kappa shape index (κ1) is 21.7. The summed E-state index contributed by atoms with van der Waals surface area (Å²) in [5, 5.41) is 11.7. The van der Waals surface area contributed by atoms with Gasteiger partial charge in [0.15, 0.2) is 5.96 Å². The van der Waals surface area contributed by atoms with Crippen LogP contribution in [0.5, 0.6) is 5.75 Å². The summed E-state index contributed by atoms with van der Waals surface area (Å²) in [6, 6.07) is 8.24. The maximum Gasteiger partial charge on any atom is 0.194 e. The van der Waals surface area contributed by atoms with Crippen molar-refractivity contribution in [1.82, 2.24) is 25.0 Å². The number of rotatable bonds is 8. The van der Waals surface area contributed by atoms with Gasteiger partial charge in [-0.3, -0.25) is 0 Å². The van der Waals surface area contributed by atoms with Crippen LogP contribution < -0.4 is 15.0 Å². The lowest BCUT2D eigenvalue weighted by Crippen LogP contribution is -2.53. The Kier molecular flexibility index (Phi) is 7.70. The molecule has 0 atom stereocenters. The van der Waals surface area contributed by atoms with Gasteiger partial charge in [0.25, 0.3) is 0 Å². The Bertz CT molecular complexity index is 853. The zero-order chi connectivity index (χ0) is 21.3. The third-order valence-electron chi connectivity index (χ3n) is 5.14. The van der Waals surface area contributed by atoms with Gasteiger partial charge in [-0.25, -0.2) is 4.99 Å². The Morgan fingerprint density at radius 2 is 2.07 bits per heavy atom. The van der Waals surface area contributed by atoms with Gasteiger partial charge in [-0.05, 0) is 19.1 Å². The van der Waals surface area contributed by atoms with Crippen molar-refractivity contribution in [2.24, 2.45) is 4.99 Å². The van der Waals surface area contributed by atoms with Crippen molar-refractivity contribution in [2.45, 2.75) is 26.8 Å². The molecule has 1 aromatic heterocycles. The summed E-state index contributed by atoms with van der Waals surface area (Å²) in [6.45, 7) is 14.0. The molecule has 1 fully saturated rings. The van der Waals surface area contributed by atoms with E-state index in [2.05, 4.69) is 55.5 Å². The van der Waals surface area contributed by atoms with Crippen molar-refractivity contribution in [2.75, 3.05) is 51.3 Å². The van der Waals surface area contributed by atoms with Crippen LogP contribution in [-0.2, 0) is 13.0 Å². The van der Waals surface area contributed by atoms with Gasteiger partial charge >= 0.3 is 0 Å². The van der Waals surface area contributed by atoms with Crippen LogP contribution in [0.3, 0.4) is 0 Å². The normalized spacial score (nSPS) is 14.7. The molecule has 3 rings (SSSR count). The minimum absolute atomic E-state index is 0.630. The highest BCUT2D eigenvalue weighted by atomic mass is 16.5. The van der Waals surface area contributed by atoms with Crippen molar-refractivity contribution in [3.63, 3.8) is 0 Å². The van der Waals surface area contributed by atoms with Crippen LogP contribution in [0.1, 0.15) is 19.7 Å². The van der Waals surface area contributed by atoms with Crippen LogP contribution >= 0.6 is 0 Å². The summed E-state index contributed by atoms with van der Waals surface area (Å²) in [5.74, 6) is 2.83. The number of hydrogen-bond acceptors (Lipinski definition) is 5. The molecule has 0 aliphatic carbocycles. The molecule has 8 nitrogen and oxygen atoms in total. The number of hydrogen-bond donors (Lipinski definition) is 1. The number of aryl methyl sites for hydroxylation is 1. The van der Waals surface area contributed by atoms with Crippen molar-refractivity contribution >= 4 is 11.6 Å². The van der Waals surface area contributed by atoms with Crippen molar-refractivity contribution < 1.29 is 4.74 Å². The van der Waals surface area contributed by atoms with Gasteiger partial charge in [-0.1, -0.05) is 25.1 Å². The number of guanidine groups is 1. The van der Waals surface area contributed by atoms with E-state index in [1.165, 1.54) is 5.69 Å². The van der Waals surface area contributed by atoms with E-state index in [-0.39, 0.29) is 0 Å². The number of aromatic nitrogens is 3. The number of benzene rings is 1. The minimum Gasteiger partial charge on any atom is -0.497 e. The molecule has 8 heteroatoms. The van der Waals surface area contributed by atoms with Gasteiger partial charge in [0.1, 0.15) is 17.9 Å². The molecular weight excluding hydrogens is 378 g/mol. The average Bonchev–Trinajstić information content (AvgIpc) is 3.23. The Balaban J connectivity index is 1.59. The summed E-state index contributed by atoms with van der Waals surface area (Å²) in [7, 11) is 1.70. The predicted molar refractivity (Wildman–Crippen MR) is 121 cm³/mol. The van der Waals surface area contributed by atoms with Crippen molar-refractivity contribution in [1.29, 1.82) is 0 Å². The van der Waals surface area contributed by atoms with Crippen LogP contribution in [0.2, 0.25) is 0 Å². The Labute approximate surface area is 179 Å². The fourth-order valence-electron chi connectivity index (χ4n) is 3.49. The van der Waals surface area contributed by atoms with Gasteiger partial charge in [0, 0.05) is 57.4 Å². The molecule has 1 aromatic carbocycles. The van der Waals surface area contributed by atoms with E-state index in [1.807, 2.05) is 19.1 Å². The number of ether oxygens (including phenoxy) is 1. The van der Waals surface area contributed by atoms with E-state index < -0.39 is 0 Å². The number of anilines is 1. The van der Waals surface area contributed by atoms with Gasteiger partial charge in [-0.15, -0.1) is 10.2 Å². The first-order valence-electron chi connectivity index (χ1n) is 10.5. The SMILES string of the molecule is C=C(C)CN=C(NCCn1cnnc1CC)N1CCN(c2cccc(OC)c2)CC1. The van der Waals surface area contributed by atoms with Crippen LogP contribution in [0.15, 0.2) is 47.7 Å². The highest BCUT2D eigenvalue weighted by molar-refractivity contribution is 5.80. The van der Waals surface area contributed by atoms with Crippen LogP contribution in [0.4, 0.5) is 5.69 Å². The highest BCUT2D eigenvalue weighted by Gasteiger charge is 2.20. The van der Waals surface area contributed by atoms with E-state index in [4.69, 9.17) is 9.73 Å². The van der Waals surface area contributed by atoms with Gasteiger partial charge in [-0.2, -0.15) is 0 Å². The summed E-state index contributed by atoms with van der Waals surface area (Å²) in [6.07, 6.45) is 2.67. The molecule has 0 radical (unpaired) electrons. The lowest BCUT2D eigenvalue weighted by molar-refractivity contribution is 0.370. The van der Waals surface area contributed by atoms with E-state index in [1.54, 1.807) is 13.4 Å². The number of nitrogens with zero attached hydrogens (tertiary/aromatic N) is 6. The maximum absolute atomic E-state index is 5.37. The molecule has 1 aliphatic rings. The first-order chi connectivity index (χ1) is 14.6.